The standard InChI is InChI=1S/C29H23NO7/c1-34-18-14-25(35-2)23(26(15-18)36-3)13-17-9-11-24(37-17)29(33)30-16-8-10-21-22(12-16)28(32)20-7-5-4-6-19(20)27(21)31/h4-12,14-15H,13H2,1-3H3,(H,30,33). The first-order chi connectivity index (χ1) is 17.9. The molecule has 8 nitrogen and oxygen atoms in total. The second kappa shape index (κ2) is 9.66. The summed E-state index contributed by atoms with van der Waals surface area (Å²) in [5.41, 5.74) is 2.41. The third-order valence-electron chi connectivity index (χ3n) is 6.24. The van der Waals surface area contributed by atoms with E-state index in [2.05, 4.69) is 5.32 Å². The Balaban J connectivity index is 1.36. The van der Waals surface area contributed by atoms with E-state index in [1.807, 2.05) is 0 Å². The smallest absolute Gasteiger partial charge is 0.291 e. The molecule has 8 heteroatoms. The molecule has 0 saturated heterocycles. The Labute approximate surface area is 212 Å². The molecule has 1 aromatic heterocycles. The summed E-state index contributed by atoms with van der Waals surface area (Å²) in [7, 11) is 4.66. The van der Waals surface area contributed by atoms with Gasteiger partial charge in [0.2, 0.25) is 0 Å². The van der Waals surface area contributed by atoms with E-state index >= 15 is 0 Å². The summed E-state index contributed by atoms with van der Waals surface area (Å²) in [6.07, 6.45) is 0.318. The SMILES string of the molecule is COc1cc(OC)c(Cc2ccc(C(=O)Nc3ccc4c(c3)C(=O)c3ccccc3C4=O)o2)c(OC)c1. The Bertz CT molecular complexity index is 1520. The molecule has 0 saturated carbocycles. The molecule has 37 heavy (non-hydrogen) atoms. The van der Waals surface area contributed by atoms with Crippen molar-refractivity contribution in [3.8, 4) is 17.2 Å². The van der Waals surface area contributed by atoms with Crippen molar-refractivity contribution in [2.45, 2.75) is 6.42 Å². The van der Waals surface area contributed by atoms with Crippen molar-refractivity contribution >= 4 is 23.2 Å². The molecule has 186 valence electrons. The second-order valence-electron chi connectivity index (χ2n) is 8.37. The van der Waals surface area contributed by atoms with Crippen molar-refractivity contribution in [2.75, 3.05) is 26.6 Å². The van der Waals surface area contributed by atoms with E-state index in [9.17, 15) is 14.4 Å². The molecule has 0 fully saturated rings. The van der Waals surface area contributed by atoms with E-state index in [-0.39, 0.29) is 22.9 Å². The number of furan rings is 1. The second-order valence-corrected chi connectivity index (χ2v) is 8.37. The lowest BCUT2D eigenvalue weighted by Crippen LogP contribution is -2.21. The molecule has 0 atom stereocenters. The number of methoxy groups -OCH3 is 3. The van der Waals surface area contributed by atoms with Crippen molar-refractivity contribution < 1.29 is 33.0 Å². The molecule has 5 rings (SSSR count). The van der Waals surface area contributed by atoms with Gasteiger partial charge >= 0.3 is 0 Å². The van der Waals surface area contributed by atoms with Crippen LogP contribution in [0.4, 0.5) is 5.69 Å². The van der Waals surface area contributed by atoms with Crippen LogP contribution in [-0.4, -0.2) is 38.8 Å². The van der Waals surface area contributed by atoms with Crippen molar-refractivity contribution in [3.05, 3.63) is 106 Å². The molecule has 0 radical (unpaired) electrons. The summed E-state index contributed by atoms with van der Waals surface area (Å²) in [5, 5.41) is 2.74. The third kappa shape index (κ3) is 4.33. The maximum atomic E-state index is 13.0. The number of rotatable bonds is 7. The average molecular weight is 498 g/mol. The van der Waals surface area contributed by atoms with Crippen LogP contribution in [-0.2, 0) is 6.42 Å². The zero-order chi connectivity index (χ0) is 26.1. The number of fused-ring (bicyclic) bond motifs is 2. The maximum absolute atomic E-state index is 13.0. The first-order valence-corrected chi connectivity index (χ1v) is 11.4. The van der Waals surface area contributed by atoms with Gasteiger partial charge in [0.25, 0.3) is 5.91 Å². The molecule has 1 N–H and O–H groups in total. The minimum Gasteiger partial charge on any atom is -0.496 e. The van der Waals surface area contributed by atoms with E-state index in [1.165, 1.54) is 6.07 Å². The summed E-state index contributed by atoms with van der Waals surface area (Å²) >= 11 is 0. The van der Waals surface area contributed by atoms with Gasteiger partial charge in [0.1, 0.15) is 23.0 Å². The van der Waals surface area contributed by atoms with E-state index < -0.39 is 5.91 Å². The van der Waals surface area contributed by atoms with E-state index in [0.29, 0.717) is 51.8 Å². The quantitative estimate of drug-likeness (QED) is 0.340. The first-order valence-electron chi connectivity index (χ1n) is 11.4. The summed E-state index contributed by atoms with van der Waals surface area (Å²) in [6, 6.07) is 18.1. The van der Waals surface area contributed by atoms with Crippen LogP contribution in [0.3, 0.4) is 0 Å². The summed E-state index contributed by atoms with van der Waals surface area (Å²) < 4.78 is 22.1. The van der Waals surface area contributed by atoms with Crippen molar-refractivity contribution in [2.24, 2.45) is 0 Å². The largest absolute Gasteiger partial charge is 0.496 e. The Kier molecular flexibility index (Phi) is 6.23. The Morgan fingerprint density at radius 3 is 2.00 bits per heavy atom. The topological polar surface area (TPSA) is 104 Å². The monoisotopic (exact) mass is 497 g/mol. The van der Waals surface area contributed by atoms with Crippen molar-refractivity contribution in [1.82, 2.24) is 0 Å². The molecule has 4 aromatic rings. The normalized spacial score (nSPS) is 12.0. The molecule has 0 unspecified atom stereocenters. The fourth-order valence-electron chi connectivity index (χ4n) is 4.39. The molecule has 1 aliphatic carbocycles. The number of hydrogen-bond donors (Lipinski definition) is 1. The number of amides is 1. The van der Waals surface area contributed by atoms with Crippen LogP contribution in [0.5, 0.6) is 17.2 Å². The summed E-state index contributed by atoms with van der Waals surface area (Å²) in [4.78, 5) is 38.7. The van der Waals surface area contributed by atoms with Gasteiger partial charge in [-0.15, -0.1) is 0 Å². The number of hydrogen-bond acceptors (Lipinski definition) is 7. The van der Waals surface area contributed by atoms with Gasteiger partial charge in [0.05, 0.1) is 21.3 Å². The molecule has 1 aliphatic rings. The van der Waals surface area contributed by atoms with Crippen molar-refractivity contribution in [1.29, 1.82) is 0 Å². The number of ether oxygens (including phenoxy) is 3. The van der Waals surface area contributed by atoms with Crippen LogP contribution < -0.4 is 19.5 Å². The molecular formula is C29H23NO7. The fourth-order valence-corrected chi connectivity index (χ4v) is 4.39. The van der Waals surface area contributed by atoms with Crippen LogP contribution in [0.2, 0.25) is 0 Å². The van der Waals surface area contributed by atoms with Gasteiger partial charge in [0, 0.05) is 52.1 Å². The van der Waals surface area contributed by atoms with E-state index in [4.69, 9.17) is 18.6 Å². The van der Waals surface area contributed by atoms with Gasteiger partial charge in [-0.3, -0.25) is 14.4 Å². The Hall–Kier alpha value is -4.85. The van der Waals surface area contributed by atoms with E-state index in [0.717, 1.165) is 5.56 Å². The van der Waals surface area contributed by atoms with Crippen LogP contribution in [0.1, 0.15) is 53.7 Å². The van der Waals surface area contributed by atoms with Gasteiger partial charge < -0.3 is 23.9 Å². The van der Waals surface area contributed by atoms with Gasteiger partial charge in [-0.2, -0.15) is 0 Å². The number of nitrogens with one attached hydrogen (secondary N) is 1. The highest BCUT2D eigenvalue weighted by atomic mass is 16.5. The van der Waals surface area contributed by atoms with E-state index in [1.54, 1.807) is 82.0 Å². The van der Waals surface area contributed by atoms with Crippen LogP contribution >= 0.6 is 0 Å². The lowest BCUT2D eigenvalue weighted by Gasteiger charge is -2.18. The number of carbonyl (C=O) groups excluding carboxylic acids is 3. The molecule has 0 aliphatic heterocycles. The van der Waals surface area contributed by atoms with Crippen LogP contribution in [0, 0.1) is 0 Å². The fraction of sp³-hybridized carbons (Fsp3) is 0.138. The first kappa shape index (κ1) is 23.9. The van der Waals surface area contributed by atoms with Crippen LogP contribution in [0.25, 0.3) is 0 Å². The Morgan fingerprint density at radius 1 is 0.757 bits per heavy atom. The lowest BCUT2D eigenvalue weighted by molar-refractivity contribution is 0.0979. The number of anilines is 1. The zero-order valence-corrected chi connectivity index (χ0v) is 20.4. The summed E-state index contributed by atoms with van der Waals surface area (Å²) in [5.74, 6) is 1.36. The minimum absolute atomic E-state index is 0.0897. The number of ketones is 2. The Morgan fingerprint density at radius 2 is 1.38 bits per heavy atom. The minimum atomic E-state index is -0.491. The average Bonchev–Trinajstić information content (AvgIpc) is 3.40. The van der Waals surface area contributed by atoms with Gasteiger partial charge in [-0.1, -0.05) is 24.3 Å². The molecule has 1 heterocycles. The van der Waals surface area contributed by atoms with Gasteiger partial charge in [-0.05, 0) is 30.3 Å². The molecule has 0 bridgehead atoms. The summed E-state index contributed by atoms with van der Waals surface area (Å²) in [6.45, 7) is 0. The highest BCUT2D eigenvalue weighted by molar-refractivity contribution is 6.28. The molecule has 1 amide bonds. The predicted molar refractivity (Wildman–Crippen MR) is 135 cm³/mol. The maximum Gasteiger partial charge on any atom is 0.291 e. The number of benzene rings is 3. The molecule has 3 aromatic carbocycles. The molecule has 0 spiro atoms. The molecular weight excluding hydrogens is 474 g/mol. The zero-order valence-electron chi connectivity index (χ0n) is 20.4. The number of carbonyl (C=O) groups is 3. The lowest BCUT2D eigenvalue weighted by atomic mass is 9.84. The van der Waals surface area contributed by atoms with Crippen LogP contribution in [0.15, 0.2) is 71.1 Å². The highest BCUT2D eigenvalue weighted by Gasteiger charge is 2.29. The van der Waals surface area contributed by atoms with Crippen molar-refractivity contribution in [3.63, 3.8) is 0 Å². The van der Waals surface area contributed by atoms with Gasteiger partial charge in [0.15, 0.2) is 17.3 Å². The highest BCUT2D eigenvalue weighted by Crippen LogP contribution is 2.36. The predicted octanol–water partition coefficient (Wildman–Crippen LogP) is 4.92. The van der Waals surface area contributed by atoms with Gasteiger partial charge in [-0.25, -0.2) is 0 Å². The third-order valence-corrected chi connectivity index (χ3v) is 6.24.